The Morgan fingerprint density at radius 3 is 2.87 bits per heavy atom. The van der Waals surface area contributed by atoms with Crippen LogP contribution in [0.1, 0.15) is 45.4 Å². The molecule has 2 aliphatic rings. The van der Waals surface area contributed by atoms with E-state index in [1.54, 1.807) is 0 Å². The van der Waals surface area contributed by atoms with Crippen molar-refractivity contribution >= 4 is 5.97 Å². The van der Waals surface area contributed by atoms with Crippen molar-refractivity contribution < 1.29 is 9.53 Å². The van der Waals surface area contributed by atoms with E-state index in [9.17, 15) is 4.79 Å². The summed E-state index contributed by atoms with van der Waals surface area (Å²) in [7, 11) is 0. The normalized spacial score (nSPS) is 37.9. The monoisotopic (exact) mass is 208 g/mol. The molecule has 0 heterocycles. The van der Waals surface area contributed by atoms with Crippen molar-refractivity contribution in [2.75, 3.05) is 0 Å². The summed E-state index contributed by atoms with van der Waals surface area (Å²) in [5.74, 6) is 1.33. The lowest BCUT2D eigenvalue weighted by Gasteiger charge is -2.36. The standard InChI is InChI=1S/C13H20O2/c1-3-7-13(15-12(14)4-2)9-10-5-6-11(13)8-10/h3,10-11H,1,4-9H2,2H3. The van der Waals surface area contributed by atoms with E-state index in [2.05, 4.69) is 6.58 Å². The van der Waals surface area contributed by atoms with Crippen LogP contribution >= 0.6 is 0 Å². The second-order valence-electron chi connectivity index (χ2n) is 4.97. The van der Waals surface area contributed by atoms with Gasteiger partial charge in [0.25, 0.3) is 0 Å². The predicted octanol–water partition coefficient (Wildman–Crippen LogP) is 3.07. The van der Waals surface area contributed by atoms with Gasteiger partial charge in [-0.1, -0.05) is 13.0 Å². The third kappa shape index (κ3) is 1.82. The van der Waals surface area contributed by atoms with Crippen molar-refractivity contribution in [3.63, 3.8) is 0 Å². The van der Waals surface area contributed by atoms with E-state index < -0.39 is 0 Å². The van der Waals surface area contributed by atoms with Crippen LogP contribution in [0, 0.1) is 11.8 Å². The number of fused-ring (bicyclic) bond motifs is 2. The first-order valence-electron chi connectivity index (χ1n) is 6.03. The highest BCUT2D eigenvalue weighted by Crippen LogP contribution is 2.54. The van der Waals surface area contributed by atoms with Crippen LogP contribution < -0.4 is 0 Å². The molecule has 2 rings (SSSR count). The molecule has 3 unspecified atom stereocenters. The molecule has 0 aromatic heterocycles. The molecule has 0 N–H and O–H groups in total. The molecule has 0 amide bonds. The second-order valence-corrected chi connectivity index (χ2v) is 4.97. The maximum atomic E-state index is 11.5. The summed E-state index contributed by atoms with van der Waals surface area (Å²) in [6.45, 7) is 5.65. The Morgan fingerprint density at radius 1 is 1.60 bits per heavy atom. The maximum absolute atomic E-state index is 11.5. The third-order valence-electron chi connectivity index (χ3n) is 4.02. The van der Waals surface area contributed by atoms with Crippen LogP contribution in [0.15, 0.2) is 12.7 Å². The number of carbonyl (C=O) groups excluding carboxylic acids is 1. The molecule has 84 valence electrons. The molecule has 2 nitrogen and oxygen atoms in total. The van der Waals surface area contributed by atoms with Gasteiger partial charge in [-0.05, 0) is 37.5 Å². The molecule has 0 aromatic carbocycles. The van der Waals surface area contributed by atoms with Gasteiger partial charge in [0.1, 0.15) is 5.60 Å². The van der Waals surface area contributed by atoms with Gasteiger partial charge in [-0.15, -0.1) is 6.58 Å². The zero-order valence-electron chi connectivity index (χ0n) is 9.50. The summed E-state index contributed by atoms with van der Waals surface area (Å²) in [4.78, 5) is 11.5. The molecule has 0 spiro atoms. The highest BCUT2D eigenvalue weighted by molar-refractivity contribution is 5.69. The average Bonchev–Trinajstić information content (AvgIpc) is 2.78. The zero-order valence-corrected chi connectivity index (χ0v) is 9.50. The van der Waals surface area contributed by atoms with E-state index in [1.165, 1.54) is 19.3 Å². The van der Waals surface area contributed by atoms with Crippen molar-refractivity contribution in [2.24, 2.45) is 11.8 Å². The number of esters is 1. The highest BCUT2D eigenvalue weighted by Gasteiger charge is 2.52. The van der Waals surface area contributed by atoms with E-state index in [1.807, 2.05) is 13.0 Å². The van der Waals surface area contributed by atoms with Crippen LogP contribution in [0.5, 0.6) is 0 Å². The quantitative estimate of drug-likeness (QED) is 0.524. The Hall–Kier alpha value is -0.790. The van der Waals surface area contributed by atoms with Gasteiger partial charge in [0, 0.05) is 12.8 Å². The van der Waals surface area contributed by atoms with Crippen LogP contribution in [0.4, 0.5) is 0 Å². The SMILES string of the molecule is C=CCC1(OC(=O)CC)CC2CCC1C2. The van der Waals surface area contributed by atoms with Gasteiger partial charge in [0.05, 0.1) is 0 Å². The van der Waals surface area contributed by atoms with E-state index in [0.29, 0.717) is 12.3 Å². The van der Waals surface area contributed by atoms with Crippen molar-refractivity contribution in [3.8, 4) is 0 Å². The molecule has 15 heavy (non-hydrogen) atoms. The predicted molar refractivity (Wildman–Crippen MR) is 59.4 cm³/mol. The molecule has 2 fully saturated rings. The van der Waals surface area contributed by atoms with Gasteiger partial charge in [0.2, 0.25) is 0 Å². The highest BCUT2D eigenvalue weighted by atomic mass is 16.6. The first-order chi connectivity index (χ1) is 7.20. The number of hydrogen-bond acceptors (Lipinski definition) is 2. The van der Waals surface area contributed by atoms with Crippen LogP contribution in [-0.4, -0.2) is 11.6 Å². The molecule has 2 aliphatic carbocycles. The first-order valence-corrected chi connectivity index (χ1v) is 6.03. The van der Waals surface area contributed by atoms with Crippen LogP contribution in [0.3, 0.4) is 0 Å². The van der Waals surface area contributed by atoms with Crippen molar-refractivity contribution in [3.05, 3.63) is 12.7 Å². The average molecular weight is 208 g/mol. The Kier molecular flexibility index (Phi) is 2.85. The van der Waals surface area contributed by atoms with E-state index in [0.717, 1.165) is 18.8 Å². The molecule has 2 saturated carbocycles. The van der Waals surface area contributed by atoms with E-state index in [4.69, 9.17) is 4.74 Å². The Bertz CT molecular complexity index is 272. The number of hydrogen-bond donors (Lipinski definition) is 0. The fourth-order valence-electron chi connectivity index (χ4n) is 3.35. The zero-order chi connectivity index (χ0) is 10.9. The summed E-state index contributed by atoms with van der Waals surface area (Å²) in [5, 5.41) is 0. The lowest BCUT2D eigenvalue weighted by molar-refractivity contribution is -0.165. The second kappa shape index (κ2) is 3.99. The van der Waals surface area contributed by atoms with E-state index >= 15 is 0 Å². The minimum atomic E-state index is -0.183. The van der Waals surface area contributed by atoms with Crippen LogP contribution in [0.25, 0.3) is 0 Å². The smallest absolute Gasteiger partial charge is 0.306 e. The molecular weight excluding hydrogens is 188 g/mol. The molecule has 0 saturated heterocycles. The summed E-state index contributed by atoms with van der Waals surface area (Å²) in [5.41, 5.74) is -0.183. The Labute approximate surface area is 91.7 Å². The number of carbonyl (C=O) groups is 1. The van der Waals surface area contributed by atoms with Gasteiger partial charge in [-0.25, -0.2) is 0 Å². The van der Waals surface area contributed by atoms with E-state index in [-0.39, 0.29) is 11.6 Å². The first kappa shape index (κ1) is 10.7. The molecule has 0 aromatic rings. The molecule has 0 aliphatic heterocycles. The summed E-state index contributed by atoms with van der Waals surface area (Å²) >= 11 is 0. The molecular formula is C13H20O2. The van der Waals surface area contributed by atoms with Crippen LogP contribution in [-0.2, 0) is 9.53 Å². The lowest BCUT2D eigenvalue weighted by Crippen LogP contribution is -2.39. The van der Waals surface area contributed by atoms with Crippen molar-refractivity contribution in [2.45, 2.75) is 51.0 Å². The Morgan fingerprint density at radius 2 is 2.40 bits per heavy atom. The fraction of sp³-hybridized carbons (Fsp3) is 0.769. The summed E-state index contributed by atoms with van der Waals surface area (Å²) in [6, 6.07) is 0. The number of ether oxygens (including phenoxy) is 1. The maximum Gasteiger partial charge on any atom is 0.306 e. The summed E-state index contributed by atoms with van der Waals surface area (Å²) < 4.78 is 5.71. The van der Waals surface area contributed by atoms with Gasteiger partial charge >= 0.3 is 5.97 Å². The fourth-order valence-corrected chi connectivity index (χ4v) is 3.35. The minimum absolute atomic E-state index is 0.0515. The van der Waals surface area contributed by atoms with Crippen molar-refractivity contribution in [1.29, 1.82) is 0 Å². The largest absolute Gasteiger partial charge is 0.458 e. The van der Waals surface area contributed by atoms with Gasteiger partial charge in [-0.3, -0.25) is 4.79 Å². The third-order valence-corrected chi connectivity index (χ3v) is 4.02. The topological polar surface area (TPSA) is 26.3 Å². The number of rotatable bonds is 4. The summed E-state index contributed by atoms with van der Waals surface area (Å²) in [6.07, 6.45) is 8.10. The van der Waals surface area contributed by atoms with Gasteiger partial charge in [0.15, 0.2) is 0 Å². The lowest BCUT2D eigenvalue weighted by atomic mass is 9.81. The molecule has 0 radical (unpaired) electrons. The molecule has 3 atom stereocenters. The van der Waals surface area contributed by atoms with Crippen molar-refractivity contribution in [1.82, 2.24) is 0 Å². The molecule has 2 bridgehead atoms. The van der Waals surface area contributed by atoms with Crippen LogP contribution in [0.2, 0.25) is 0 Å². The van der Waals surface area contributed by atoms with Gasteiger partial charge < -0.3 is 4.74 Å². The molecule has 2 heteroatoms. The minimum Gasteiger partial charge on any atom is -0.458 e. The van der Waals surface area contributed by atoms with Gasteiger partial charge in [-0.2, -0.15) is 0 Å². The Balaban J connectivity index is 2.11.